The smallest absolute Gasteiger partial charge is 0.227 e. The normalized spacial score (nSPS) is 11.8. The highest BCUT2D eigenvalue weighted by Gasteiger charge is 2.13. The molecule has 0 aliphatic rings. The van der Waals surface area contributed by atoms with Gasteiger partial charge in [0.25, 0.3) is 0 Å². The number of hydrogen-bond donors (Lipinski definition) is 1. The molecule has 1 heterocycles. The summed E-state index contributed by atoms with van der Waals surface area (Å²) in [6.45, 7) is 1.93. The second-order valence-corrected chi connectivity index (χ2v) is 6.52. The van der Waals surface area contributed by atoms with Gasteiger partial charge in [0.05, 0.1) is 13.2 Å². The zero-order valence-corrected chi connectivity index (χ0v) is 15.9. The van der Waals surface area contributed by atoms with E-state index in [0.717, 1.165) is 16.9 Å². The lowest BCUT2D eigenvalue weighted by molar-refractivity contribution is -0.121. The molecule has 0 bridgehead atoms. The van der Waals surface area contributed by atoms with Crippen molar-refractivity contribution in [2.24, 2.45) is 0 Å². The van der Waals surface area contributed by atoms with Crippen molar-refractivity contribution in [2.45, 2.75) is 25.8 Å². The molecule has 1 N–H and O–H groups in total. The van der Waals surface area contributed by atoms with E-state index >= 15 is 0 Å². The Morgan fingerprint density at radius 1 is 1.26 bits per heavy atom. The van der Waals surface area contributed by atoms with E-state index in [1.165, 1.54) is 0 Å². The standard InChI is InChI=1S/C20H20ClN3O3/c1-13(14-6-8-17(26-2)9-7-14)22-18(25)10-11-19-23-20(24-27-19)15-4-3-5-16(21)12-15/h3-9,12-13H,10-11H2,1-2H3,(H,22,25)/t13-/m0/s1. The predicted molar refractivity (Wildman–Crippen MR) is 103 cm³/mol. The molecule has 6 nitrogen and oxygen atoms in total. The minimum absolute atomic E-state index is 0.0826. The van der Waals surface area contributed by atoms with Gasteiger partial charge in [-0.2, -0.15) is 4.98 Å². The van der Waals surface area contributed by atoms with Crippen LogP contribution < -0.4 is 10.1 Å². The second kappa shape index (κ2) is 8.68. The van der Waals surface area contributed by atoms with E-state index in [2.05, 4.69) is 15.5 Å². The Balaban J connectivity index is 1.53. The van der Waals surface area contributed by atoms with E-state index in [0.29, 0.717) is 23.2 Å². The van der Waals surface area contributed by atoms with Crippen molar-refractivity contribution < 1.29 is 14.1 Å². The van der Waals surface area contributed by atoms with Crippen molar-refractivity contribution >= 4 is 17.5 Å². The topological polar surface area (TPSA) is 77.2 Å². The summed E-state index contributed by atoms with van der Waals surface area (Å²) in [5, 5.41) is 7.51. The monoisotopic (exact) mass is 385 g/mol. The van der Waals surface area contributed by atoms with Gasteiger partial charge in [0.1, 0.15) is 5.75 Å². The first kappa shape index (κ1) is 18.9. The van der Waals surface area contributed by atoms with Crippen LogP contribution in [0.1, 0.15) is 30.8 Å². The Kier molecular flexibility index (Phi) is 6.08. The fraction of sp³-hybridized carbons (Fsp3) is 0.250. The lowest BCUT2D eigenvalue weighted by atomic mass is 10.1. The number of carbonyl (C=O) groups is 1. The lowest BCUT2D eigenvalue weighted by Gasteiger charge is -2.14. The number of ether oxygens (including phenoxy) is 1. The third-order valence-corrected chi connectivity index (χ3v) is 4.35. The van der Waals surface area contributed by atoms with Gasteiger partial charge >= 0.3 is 0 Å². The summed E-state index contributed by atoms with van der Waals surface area (Å²) in [5.41, 5.74) is 1.78. The number of aromatic nitrogens is 2. The van der Waals surface area contributed by atoms with Gasteiger partial charge in [-0.15, -0.1) is 0 Å². The first-order chi connectivity index (χ1) is 13.0. The maximum Gasteiger partial charge on any atom is 0.227 e. The number of carbonyl (C=O) groups excluding carboxylic acids is 1. The van der Waals surface area contributed by atoms with E-state index in [1.807, 2.05) is 43.3 Å². The highest BCUT2D eigenvalue weighted by atomic mass is 35.5. The minimum atomic E-state index is -0.104. The third kappa shape index (κ3) is 5.08. The molecule has 27 heavy (non-hydrogen) atoms. The van der Waals surface area contributed by atoms with Gasteiger partial charge < -0.3 is 14.6 Å². The number of methoxy groups -OCH3 is 1. The Hall–Kier alpha value is -2.86. The molecule has 0 aliphatic heterocycles. The largest absolute Gasteiger partial charge is 0.497 e. The first-order valence-corrected chi connectivity index (χ1v) is 8.95. The molecule has 0 saturated heterocycles. The van der Waals surface area contributed by atoms with E-state index in [4.69, 9.17) is 20.9 Å². The van der Waals surface area contributed by atoms with Crippen molar-refractivity contribution in [3.8, 4) is 17.1 Å². The number of aryl methyl sites for hydroxylation is 1. The minimum Gasteiger partial charge on any atom is -0.497 e. The van der Waals surface area contributed by atoms with Crippen molar-refractivity contribution in [3.63, 3.8) is 0 Å². The zero-order chi connectivity index (χ0) is 19.2. The van der Waals surface area contributed by atoms with Crippen LogP contribution in [0.25, 0.3) is 11.4 Å². The third-order valence-electron chi connectivity index (χ3n) is 4.11. The highest BCUT2D eigenvalue weighted by molar-refractivity contribution is 6.30. The van der Waals surface area contributed by atoms with Crippen LogP contribution in [-0.2, 0) is 11.2 Å². The maximum absolute atomic E-state index is 12.2. The fourth-order valence-corrected chi connectivity index (χ4v) is 2.80. The van der Waals surface area contributed by atoms with Gasteiger partial charge in [-0.3, -0.25) is 4.79 Å². The van der Waals surface area contributed by atoms with Gasteiger partial charge in [-0.05, 0) is 36.8 Å². The second-order valence-electron chi connectivity index (χ2n) is 6.08. The number of nitrogens with one attached hydrogen (secondary N) is 1. The molecule has 0 saturated carbocycles. The summed E-state index contributed by atoms with van der Waals surface area (Å²) >= 11 is 5.97. The summed E-state index contributed by atoms with van der Waals surface area (Å²) < 4.78 is 10.4. The number of halogens is 1. The van der Waals surface area contributed by atoms with Crippen molar-refractivity contribution in [2.75, 3.05) is 7.11 Å². The summed E-state index contributed by atoms with van der Waals surface area (Å²) in [4.78, 5) is 16.5. The molecule has 140 valence electrons. The molecule has 1 aromatic heterocycles. The SMILES string of the molecule is COc1ccc([C@H](C)NC(=O)CCc2nc(-c3cccc(Cl)c3)no2)cc1. The molecule has 0 aliphatic carbocycles. The van der Waals surface area contributed by atoms with E-state index < -0.39 is 0 Å². The Labute approximate surface area is 162 Å². The van der Waals surface area contributed by atoms with Crippen LogP contribution in [0.15, 0.2) is 53.1 Å². The van der Waals surface area contributed by atoms with Crippen LogP contribution in [0.4, 0.5) is 0 Å². The zero-order valence-electron chi connectivity index (χ0n) is 15.1. The molecule has 0 fully saturated rings. The van der Waals surface area contributed by atoms with Gasteiger partial charge in [0.15, 0.2) is 0 Å². The summed E-state index contributed by atoms with van der Waals surface area (Å²) in [6, 6.07) is 14.7. The van der Waals surface area contributed by atoms with Crippen LogP contribution in [0.2, 0.25) is 5.02 Å². The number of hydrogen-bond acceptors (Lipinski definition) is 5. The molecule has 1 amide bonds. The number of nitrogens with zero attached hydrogens (tertiary/aromatic N) is 2. The Morgan fingerprint density at radius 3 is 2.74 bits per heavy atom. The van der Waals surface area contributed by atoms with Crippen LogP contribution >= 0.6 is 11.6 Å². The predicted octanol–water partition coefficient (Wildman–Crippen LogP) is 4.21. The molecular formula is C20H20ClN3O3. The van der Waals surface area contributed by atoms with Crippen molar-refractivity contribution in [1.29, 1.82) is 0 Å². The fourth-order valence-electron chi connectivity index (χ4n) is 2.61. The number of rotatable bonds is 7. The quantitative estimate of drug-likeness (QED) is 0.659. The number of benzene rings is 2. The van der Waals surface area contributed by atoms with Crippen LogP contribution in [0.5, 0.6) is 5.75 Å². The lowest BCUT2D eigenvalue weighted by Crippen LogP contribution is -2.26. The van der Waals surface area contributed by atoms with Crippen LogP contribution in [-0.4, -0.2) is 23.2 Å². The summed E-state index contributed by atoms with van der Waals surface area (Å²) in [7, 11) is 1.62. The summed E-state index contributed by atoms with van der Waals surface area (Å²) in [5.74, 6) is 1.57. The molecule has 7 heteroatoms. The number of amides is 1. The summed E-state index contributed by atoms with van der Waals surface area (Å²) in [6.07, 6.45) is 0.631. The molecule has 1 atom stereocenters. The molecule has 0 spiro atoms. The molecule has 2 aromatic carbocycles. The maximum atomic E-state index is 12.2. The molecule has 3 rings (SSSR count). The van der Waals surface area contributed by atoms with E-state index in [-0.39, 0.29) is 18.4 Å². The first-order valence-electron chi connectivity index (χ1n) is 8.57. The van der Waals surface area contributed by atoms with Crippen LogP contribution in [0.3, 0.4) is 0 Å². The molecular weight excluding hydrogens is 366 g/mol. The van der Waals surface area contributed by atoms with Crippen LogP contribution in [0, 0.1) is 0 Å². The van der Waals surface area contributed by atoms with Gasteiger partial charge in [0.2, 0.25) is 17.6 Å². The van der Waals surface area contributed by atoms with Crippen molar-refractivity contribution in [1.82, 2.24) is 15.5 Å². The molecule has 0 unspecified atom stereocenters. The van der Waals surface area contributed by atoms with Gasteiger partial charge in [0, 0.05) is 23.4 Å². The van der Waals surface area contributed by atoms with E-state index in [1.54, 1.807) is 19.2 Å². The average Bonchev–Trinajstić information content (AvgIpc) is 3.15. The Morgan fingerprint density at radius 2 is 2.04 bits per heavy atom. The average molecular weight is 386 g/mol. The molecule has 0 radical (unpaired) electrons. The Bertz CT molecular complexity index is 909. The highest BCUT2D eigenvalue weighted by Crippen LogP contribution is 2.20. The van der Waals surface area contributed by atoms with E-state index in [9.17, 15) is 4.79 Å². The molecule has 3 aromatic rings. The van der Waals surface area contributed by atoms with Gasteiger partial charge in [-0.25, -0.2) is 0 Å². The van der Waals surface area contributed by atoms with Gasteiger partial charge in [-0.1, -0.05) is 41.0 Å². The van der Waals surface area contributed by atoms with Crippen molar-refractivity contribution in [3.05, 3.63) is 65.0 Å².